The summed E-state index contributed by atoms with van der Waals surface area (Å²) in [6.45, 7) is 0.891. The lowest BCUT2D eigenvalue weighted by Crippen LogP contribution is -2.65. The molecule has 5 atom stereocenters. The molecule has 2 aliphatic heterocycles. The molecule has 5 rings (SSSR count). The Kier molecular flexibility index (Phi) is 2.57. The van der Waals surface area contributed by atoms with Gasteiger partial charge in [-0.2, -0.15) is 0 Å². The molecular formula is C18H20N2O4. The SMILES string of the molecule is CN1CC[C@]23c4c5c(C(N)=O)cc(O)c4O[C@H]2[C@@H](O)C=C[C@H]3[C@H]1C5. The molecule has 4 aliphatic rings. The summed E-state index contributed by atoms with van der Waals surface area (Å²) >= 11 is 0. The zero-order valence-electron chi connectivity index (χ0n) is 13.4. The number of phenols is 1. The summed E-state index contributed by atoms with van der Waals surface area (Å²) in [6.07, 6.45) is 4.27. The van der Waals surface area contributed by atoms with E-state index < -0.39 is 23.5 Å². The summed E-state index contributed by atoms with van der Waals surface area (Å²) in [5.41, 5.74) is 7.35. The number of hydrogen-bond acceptors (Lipinski definition) is 5. The molecule has 6 nitrogen and oxygen atoms in total. The Bertz CT molecular complexity index is 805. The maximum absolute atomic E-state index is 12.0. The van der Waals surface area contributed by atoms with E-state index in [1.807, 2.05) is 6.08 Å². The largest absolute Gasteiger partial charge is 0.504 e. The molecule has 2 aliphatic carbocycles. The van der Waals surface area contributed by atoms with E-state index in [1.54, 1.807) is 0 Å². The van der Waals surface area contributed by atoms with Gasteiger partial charge >= 0.3 is 0 Å². The van der Waals surface area contributed by atoms with Gasteiger partial charge in [-0.25, -0.2) is 0 Å². The molecule has 1 spiro atoms. The Morgan fingerprint density at radius 2 is 2.25 bits per heavy atom. The van der Waals surface area contributed by atoms with Crippen LogP contribution >= 0.6 is 0 Å². The molecule has 24 heavy (non-hydrogen) atoms. The van der Waals surface area contributed by atoms with Crippen molar-refractivity contribution in [2.75, 3.05) is 13.6 Å². The number of ether oxygens (including phenoxy) is 1. The second kappa shape index (κ2) is 4.32. The zero-order chi connectivity index (χ0) is 16.8. The number of aromatic hydroxyl groups is 1. The third kappa shape index (κ3) is 1.42. The minimum atomic E-state index is -0.722. The molecule has 0 radical (unpaired) electrons. The number of aliphatic hydroxyl groups excluding tert-OH is 1. The van der Waals surface area contributed by atoms with Gasteiger partial charge in [-0.3, -0.25) is 4.79 Å². The number of carbonyl (C=O) groups is 1. The average Bonchev–Trinajstić information content (AvgIpc) is 2.89. The first-order chi connectivity index (χ1) is 11.4. The van der Waals surface area contributed by atoms with Gasteiger partial charge in [0.25, 0.3) is 0 Å². The van der Waals surface area contributed by atoms with Gasteiger partial charge in [0.1, 0.15) is 12.2 Å². The maximum atomic E-state index is 12.0. The number of aliphatic hydroxyl groups is 1. The summed E-state index contributed by atoms with van der Waals surface area (Å²) in [5.74, 6) is 0.0281. The fourth-order valence-electron chi connectivity index (χ4n) is 5.54. The monoisotopic (exact) mass is 328 g/mol. The summed E-state index contributed by atoms with van der Waals surface area (Å²) < 4.78 is 6.07. The van der Waals surface area contributed by atoms with Crippen molar-refractivity contribution in [1.29, 1.82) is 0 Å². The van der Waals surface area contributed by atoms with Crippen LogP contribution in [0.5, 0.6) is 11.5 Å². The van der Waals surface area contributed by atoms with E-state index in [1.165, 1.54) is 6.07 Å². The number of primary amides is 1. The summed E-state index contributed by atoms with van der Waals surface area (Å²) in [5, 5.41) is 21.0. The first kappa shape index (κ1) is 14.3. The smallest absolute Gasteiger partial charge is 0.249 e. The van der Waals surface area contributed by atoms with Gasteiger partial charge in [-0.05, 0) is 38.1 Å². The molecule has 0 unspecified atom stereocenters. The third-order valence-electron chi connectivity index (χ3n) is 6.54. The van der Waals surface area contributed by atoms with Crippen molar-refractivity contribution in [2.45, 2.75) is 36.5 Å². The highest BCUT2D eigenvalue weighted by Gasteiger charge is 2.64. The first-order valence-electron chi connectivity index (χ1n) is 8.37. The number of piperidine rings is 1. The van der Waals surface area contributed by atoms with Crippen LogP contribution in [-0.2, 0) is 11.8 Å². The number of rotatable bonds is 1. The number of carbonyl (C=O) groups excluding carboxylic acids is 1. The highest BCUT2D eigenvalue weighted by Crippen LogP contribution is 2.62. The standard InChI is InChI=1S/C18H20N2O4/c1-20-5-4-18-10-2-3-12(21)16(18)24-15-13(22)7-9(17(19)23)8(14(15)18)6-11(10)20/h2-3,7,10-12,16,21-22H,4-6H2,1H3,(H2,19,23)/t10-,11+,12-,16-,18-/m0/s1. The molecule has 4 N–H and O–H groups in total. The van der Waals surface area contributed by atoms with Gasteiger partial charge < -0.3 is 25.6 Å². The predicted molar refractivity (Wildman–Crippen MR) is 86.1 cm³/mol. The molecular weight excluding hydrogens is 308 g/mol. The van der Waals surface area contributed by atoms with Crippen LogP contribution in [0, 0.1) is 5.92 Å². The second-order valence-corrected chi connectivity index (χ2v) is 7.47. The van der Waals surface area contributed by atoms with Crippen molar-refractivity contribution in [3.05, 3.63) is 34.9 Å². The fraction of sp³-hybridized carbons (Fsp3) is 0.500. The third-order valence-corrected chi connectivity index (χ3v) is 6.54. The molecule has 1 aromatic carbocycles. The molecule has 6 heteroatoms. The minimum Gasteiger partial charge on any atom is -0.504 e. The van der Waals surface area contributed by atoms with E-state index in [4.69, 9.17) is 10.5 Å². The van der Waals surface area contributed by atoms with Gasteiger partial charge in [0.2, 0.25) is 5.91 Å². The summed E-state index contributed by atoms with van der Waals surface area (Å²) in [4.78, 5) is 14.3. The van der Waals surface area contributed by atoms with Crippen LogP contribution in [0.1, 0.15) is 27.9 Å². The summed E-state index contributed by atoms with van der Waals surface area (Å²) in [7, 11) is 2.09. The highest BCUT2D eigenvalue weighted by molar-refractivity contribution is 5.96. The Morgan fingerprint density at radius 1 is 1.46 bits per heavy atom. The highest BCUT2D eigenvalue weighted by atomic mass is 16.5. The molecule has 0 saturated carbocycles. The molecule has 2 bridgehead atoms. The second-order valence-electron chi connectivity index (χ2n) is 7.47. The lowest BCUT2D eigenvalue weighted by atomic mass is 9.53. The Morgan fingerprint density at radius 3 is 3.00 bits per heavy atom. The normalized spacial score (nSPS) is 38.6. The van der Waals surface area contributed by atoms with E-state index in [2.05, 4.69) is 18.0 Å². The van der Waals surface area contributed by atoms with Crippen LogP contribution in [0.15, 0.2) is 18.2 Å². The first-order valence-corrected chi connectivity index (χ1v) is 8.37. The van der Waals surface area contributed by atoms with Gasteiger partial charge in [0.15, 0.2) is 11.5 Å². The van der Waals surface area contributed by atoms with Crippen LogP contribution < -0.4 is 10.5 Å². The molecule has 2 heterocycles. The molecule has 1 saturated heterocycles. The number of likely N-dealkylation sites (N-methyl/N-ethyl adjacent to an activating group) is 1. The average molecular weight is 328 g/mol. The molecule has 1 amide bonds. The van der Waals surface area contributed by atoms with Crippen molar-refractivity contribution in [3.63, 3.8) is 0 Å². The van der Waals surface area contributed by atoms with Crippen molar-refractivity contribution in [1.82, 2.24) is 4.90 Å². The number of phenolic OH excluding ortho intramolecular Hbond substituents is 1. The van der Waals surface area contributed by atoms with Crippen LogP contribution in [0.2, 0.25) is 0 Å². The van der Waals surface area contributed by atoms with E-state index in [0.717, 1.165) is 24.1 Å². The van der Waals surface area contributed by atoms with Gasteiger partial charge in [-0.1, -0.05) is 12.2 Å². The maximum Gasteiger partial charge on any atom is 0.249 e. The van der Waals surface area contributed by atoms with E-state index >= 15 is 0 Å². The number of amides is 1. The zero-order valence-corrected chi connectivity index (χ0v) is 13.4. The van der Waals surface area contributed by atoms with Crippen molar-refractivity contribution in [2.24, 2.45) is 11.7 Å². The topological polar surface area (TPSA) is 96.0 Å². The summed E-state index contributed by atoms with van der Waals surface area (Å²) in [6, 6.07) is 1.65. The van der Waals surface area contributed by atoms with Crippen LogP contribution in [0.25, 0.3) is 0 Å². The Hall–Kier alpha value is -2.05. The number of hydrogen-bond donors (Lipinski definition) is 3. The molecule has 0 aromatic heterocycles. The van der Waals surface area contributed by atoms with E-state index in [9.17, 15) is 15.0 Å². The van der Waals surface area contributed by atoms with E-state index in [0.29, 0.717) is 17.7 Å². The van der Waals surface area contributed by atoms with Crippen LogP contribution in [0.3, 0.4) is 0 Å². The van der Waals surface area contributed by atoms with Crippen molar-refractivity contribution < 1.29 is 19.7 Å². The number of nitrogens with two attached hydrogens (primary N) is 1. The minimum absolute atomic E-state index is 0.0605. The fourth-order valence-corrected chi connectivity index (χ4v) is 5.54. The van der Waals surface area contributed by atoms with Crippen molar-refractivity contribution >= 4 is 5.91 Å². The molecule has 126 valence electrons. The van der Waals surface area contributed by atoms with Gasteiger partial charge in [-0.15, -0.1) is 0 Å². The lowest BCUT2D eigenvalue weighted by molar-refractivity contribution is -0.0453. The predicted octanol–water partition coefficient (Wildman–Crippen LogP) is 0.297. The quantitative estimate of drug-likeness (QED) is 0.644. The number of nitrogens with zero attached hydrogens (tertiary/aromatic N) is 1. The molecule has 1 fully saturated rings. The number of benzene rings is 1. The lowest BCUT2D eigenvalue weighted by Gasteiger charge is -2.56. The Labute approximate surface area is 139 Å². The molecule has 1 aromatic rings. The Balaban J connectivity index is 1.87. The van der Waals surface area contributed by atoms with Gasteiger partial charge in [0, 0.05) is 28.5 Å². The number of likely N-dealkylation sites (tertiary alicyclic amines) is 1. The van der Waals surface area contributed by atoms with E-state index in [-0.39, 0.29) is 17.7 Å². The van der Waals surface area contributed by atoms with Crippen LogP contribution in [0.4, 0.5) is 0 Å². The van der Waals surface area contributed by atoms with Crippen molar-refractivity contribution in [3.8, 4) is 11.5 Å². The van der Waals surface area contributed by atoms with Gasteiger partial charge in [0.05, 0.1) is 0 Å². The van der Waals surface area contributed by atoms with Crippen LogP contribution in [-0.4, -0.2) is 52.9 Å².